The Morgan fingerprint density at radius 3 is 2.38 bits per heavy atom. The van der Waals surface area contributed by atoms with Gasteiger partial charge in [0.1, 0.15) is 22.1 Å². The Morgan fingerprint density at radius 1 is 1.05 bits per heavy atom. The summed E-state index contributed by atoms with van der Waals surface area (Å²) in [6, 6.07) is 11.1. The molecule has 0 aliphatic heterocycles. The molecule has 0 aliphatic rings. The molecule has 200 valence electrons. The fourth-order valence-electron chi connectivity index (χ4n) is 4.19. The number of halogens is 3. The summed E-state index contributed by atoms with van der Waals surface area (Å²) in [5.41, 5.74) is 7.74. The number of rotatable bonds is 6. The number of fused-ring (bicyclic) bond motifs is 1. The Morgan fingerprint density at radius 2 is 1.77 bits per heavy atom. The number of primary amides is 1. The first kappa shape index (κ1) is 26.1. The molecule has 9 nitrogen and oxygen atoms in total. The minimum absolute atomic E-state index is 0.0163. The fourth-order valence-corrected chi connectivity index (χ4v) is 5.20. The second-order valence-electron chi connectivity index (χ2n) is 9.03. The molecule has 0 saturated heterocycles. The molecule has 4 aromatic heterocycles. The molecular formula is C26H22F3N7O2S. The van der Waals surface area contributed by atoms with E-state index < -0.39 is 23.7 Å². The van der Waals surface area contributed by atoms with E-state index in [4.69, 9.17) is 5.73 Å². The number of aryl methyl sites for hydroxylation is 3. The third-order valence-corrected chi connectivity index (χ3v) is 7.13. The molecule has 0 saturated carbocycles. The summed E-state index contributed by atoms with van der Waals surface area (Å²) in [7, 11) is 0. The number of hydrogen-bond acceptors (Lipinski definition) is 6. The molecule has 0 spiro atoms. The van der Waals surface area contributed by atoms with Gasteiger partial charge in [-0.1, -0.05) is 29.8 Å². The Balaban J connectivity index is 1.58. The molecular weight excluding hydrogens is 531 g/mol. The number of amides is 2. The monoisotopic (exact) mass is 553 g/mol. The molecule has 0 bridgehead atoms. The maximum atomic E-state index is 13.7. The zero-order valence-electron chi connectivity index (χ0n) is 21.0. The second-order valence-corrected chi connectivity index (χ2v) is 10.0. The number of benzene rings is 1. The van der Waals surface area contributed by atoms with Crippen LogP contribution in [0.15, 0.2) is 48.7 Å². The number of carbonyl (C=O) groups is 2. The van der Waals surface area contributed by atoms with Crippen molar-refractivity contribution in [3.63, 3.8) is 0 Å². The van der Waals surface area contributed by atoms with E-state index in [1.165, 1.54) is 10.7 Å². The molecule has 2 amide bonds. The summed E-state index contributed by atoms with van der Waals surface area (Å²) in [5.74, 6) is -1.58. The Kier molecular flexibility index (Phi) is 6.46. The van der Waals surface area contributed by atoms with E-state index in [1.807, 2.05) is 26.8 Å². The lowest BCUT2D eigenvalue weighted by Gasteiger charge is -2.12. The lowest BCUT2D eigenvalue weighted by molar-refractivity contribution is -0.140. The van der Waals surface area contributed by atoms with E-state index in [1.54, 1.807) is 35.1 Å². The van der Waals surface area contributed by atoms with Crippen molar-refractivity contribution >= 4 is 39.1 Å². The molecule has 0 fully saturated rings. The first-order valence-electron chi connectivity index (χ1n) is 11.7. The van der Waals surface area contributed by atoms with Gasteiger partial charge in [-0.25, -0.2) is 9.67 Å². The van der Waals surface area contributed by atoms with Gasteiger partial charge in [0.05, 0.1) is 11.4 Å². The quantitative estimate of drug-likeness (QED) is 0.301. The summed E-state index contributed by atoms with van der Waals surface area (Å²) in [4.78, 5) is 29.1. The second kappa shape index (κ2) is 9.66. The molecule has 5 rings (SSSR count). The minimum Gasteiger partial charge on any atom is -0.365 e. The molecule has 0 radical (unpaired) electrons. The molecule has 5 aromatic rings. The predicted molar refractivity (Wildman–Crippen MR) is 141 cm³/mol. The van der Waals surface area contributed by atoms with Crippen LogP contribution in [0.3, 0.4) is 0 Å². The number of thiophene rings is 1. The molecule has 0 unspecified atom stereocenters. The van der Waals surface area contributed by atoms with Gasteiger partial charge >= 0.3 is 6.18 Å². The summed E-state index contributed by atoms with van der Waals surface area (Å²) >= 11 is 0.685. The van der Waals surface area contributed by atoms with E-state index in [0.717, 1.165) is 23.0 Å². The van der Waals surface area contributed by atoms with Gasteiger partial charge in [0.2, 0.25) is 0 Å². The van der Waals surface area contributed by atoms with Crippen LogP contribution >= 0.6 is 11.3 Å². The Labute approximate surface area is 224 Å². The van der Waals surface area contributed by atoms with Gasteiger partial charge in [-0.2, -0.15) is 23.4 Å². The van der Waals surface area contributed by atoms with Crippen LogP contribution in [-0.4, -0.2) is 36.4 Å². The van der Waals surface area contributed by atoms with Gasteiger partial charge in [0, 0.05) is 17.3 Å². The highest BCUT2D eigenvalue weighted by Gasteiger charge is 2.35. The number of alkyl halides is 3. The van der Waals surface area contributed by atoms with Gasteiger partial charge in [-0.3, -0.25) is 14.3 Å². The molecule has 0 atom stereocenters. The number of nitrogens with two attached hydrogens (primary N) is 1. The van der Waals surface area contributed by atoms with Crippen LogP contribution in [0.2, 0.25) is 0 Å². The summed E-state index contributed by atoms with van der Waals surface area (Å²) in [6.45, 7) is 5.88. The van der Waals surface area contributed by atoms with Gasteiger partial charge in [-0.05, 0) is 50.1 Å². The van der Waals surface area contributed by atoms with Crippen molar-refractivity contribution in [2.24, 2.45) is 5.73 Å². The van der Waals surface area contributed by atoms with Crippen molar-refractivity contribution in [1.29, 1.82) is 0 Å². The summed E-state index contributed by atoms with van der Waals surface area (Å²) in [6.07, 6.45) is -3.13. The highest BCUT2D eigenvalue weighted by Crippen LogP contribution is 2.43. The molecule has 13 heteroatoms. The highest BCUT2D eigenvalue weighted by molar-refractivity contribution is 7.21. The summed E-state index contributed by atoms with van der Waals surface area (Å²) < 4.78 is 44.4. The largest absolute Gasteiger partial charge is 0.433 e. The lowest BCUT2D eigenvalue weighted by Crippen LogP contribution is -2.18. The van der Waals surface area contributed by atoms with Crippen molar-refractivity contribution in [2.75, 3.05) is 5.32 Å². The van der Waals surface area contributed by atoms with Crippen molar-refractivity contribution in [2.45, 2.75) is 33.6 Å². The van der Waals surface area contributed by atoms with E-state index in [9.17, 15) is 22.8 Å². The number of pyridine rings is 1. The maximum Gasteiger partial charge on any atom is 0.433 e. The van der Waals surface area contributed by atoms with Crippen LogP contribution < -0.4 is 11.1 Å². The molecule has 3 N–H and O–H groups in total. The van der Waals surface area contributed by atoms with Crippen LogP contribution in [0.5, 0.6) is 0 Å². The zero-order chi connectivity index (χ0) is 28.1. The highest BCUT2D eigenvalue weighted by atomic mass is 32.1. The van der Waals surface area contributed by atoms with Crippen LogP contribution in [0.4, 0.5) is 18.9 Å². The molecule has 1 aromatic carbocycles. The van der Waals surface area contributed by atoms with Gasteiger partial charge in [0.25, 0.3) is 11.8 Å². The van der Waals surface area contributed by atoms with Crippen molar-refractivity contribution in [3.05, 3.63) is 81.9 Å². The predicted octanol–water partition coefficient (Wildman–Crippen LogP) is 5.16. The topological polar surface area (TPSA) is 121 Å². The minimum atomic E-state index is -4.73. The van der Waals surface area contributed by atoms with Crippen LogP contribution in [-0.2, 0) is 12.8 Å². The Bertz CT molecular complexity index is 1730. The Hall–Kier alpha value is -4.52. The number of aromatic nitrogens is 5. The standard InChI is InChI=1S/C26H22F3N7O2S/c1-13-4-6-16(7-5-13)17-11-19(26(27,28)29)31-25-20(17)21(22(39-25)23(30)37)32-24(38)18-8-9-35(34-18)12-36-15(3)10-14(2)33-36/h4-11H,12H2,1-3H3,(H2,30,37)(H,32,38). The van der Waals surface area contributed by atoms with E-state index in [2.05, 4.69) is 20.5 Å². The summed E-state index contributed by atoms with van der Waals surface area (Å²) in [5, 5.41) is 11.5. The molecule has 4 heterocycles. The van der Waals surface area contributed by atoms with E-state index in [0.29, 0.717) is 16.9 Å². The lowest BCUT2D eigenvalue weighted by atomic mass is 10.00. The zero-order valence-corrected chi connectivity index (χ0v) is 21.8. The molecule has 0 aliphatic carbocycles. The third kappa shape index (κ3) is 5.12. The fraction of sp³-hybridized carbons (Fsp3) is 0.192. The van der Waals surface area contributed by atoms with Crippen molar-refractivity contribution in [3.8, 4) is 11.1 Å². The van der Waals surface area contributed by atoms with E-state index >= 15 is 0 Å². The number of anilines is 1. The molecule has 39 heavy (non-hydrogen) atoms. The third-order valence-electron chi connectivity index (χ3n) is 6.03. The maximum absolute atomic E-state index is 13.7. The normalized spacial score (nSPS) is 11.7. The average Bonchev–Trinajstić information content (AvgIpc) is 3.56. The first-order chi connectivity index (χ1) is 18.4. The number of carbonyl (C=O) groups excluding carboxylic acids is 2. The van der Waals surface area contributed by atoms with Crippen LogP contribution in [0, 0.1) is 20.8 Å². The van der Waals surface area contributed by atoms with Crippen LogP contribution in [0.25, 0.3) is 21.3 Å². The smallest absolute Gasteiger partial charge is 0.365 e. The number of nitrogens with zero attached hydrogens (tertiary/aromatic N) is 5. The number of nitrogens with one attached hydrogen (secondary N) is 1. The van der Waals surface area contributed by atoms with E-state index in [-0.39, 0.29) is 38.7 Å². The van der Waals surface area contributed by atoms with Crippen molar-refractivity contribution in [1.82, 2.24) is 24.5 Å². The van der Waals surface area contributed by atoms with Crippen molar-refractivity contribution < 1.29 is 22.8 Å². The van der Waals surface area contributed by atoms with Gasteiger partial charge in [-0.15, -0.1) is 11.3 Å². The van der Waals surface area contributed by atoms with Gasteiger partial charge < -0.3 is 11.1 Å². The average molecular weight is 554 g/mol. The van der Waals surface area contributed by atoms with Crippen LogP contribution in [0.1, 0.15) is 42.8 Å². The van der Waals surface area contributed by atoms with Gasteiger partial charge in [0.15, 0.2) is 5.69 Å². The number of hydrogen-bond donors (Lipinski definition) is 2. The SMILES string of the molecule is Cc1ccc(-c2cc(C(F)(F)F)nc3sc(C(N)=O)c(NC(=O)c4ccn(Cn5nc(C)cc5C)n4)c23)cc1. The first-order valence-corrected chi connectivity index (χ1v) is 12.5.